The maximum Gasteiger partial charge on any atom is 0.293 e. The van der Waals surface area contributed by atoms with Crippen molar-refractivity contribution in [1.82, 2.24) is 19.1 Å². The number of hydrogen-bond acceptors (Lipinski definition) is 7. The van der Waals surface area contributed by atoms with Crippen LogP contribution in [0.3, 0.4) is 0 Å². The second kappa shape index (κ2) is 9.26. The second-order valence-electron chi connectivity index (χ2n) is 9.81. The average Bonchev–Trinajstić information content (AvgIpc) is 3.39. The second-order valence-corrected chi connectivity index (χ2v) is 11.7. The van der Waals surface area contributed by atoms with Crippen molar-refractivity contribution in [2.75, 3.05) is 24.5 Å². The van der Waals surface area contributed by atoms with Crippen LogP contribution >= 0.6 is 0 Å². The molecule has 0 bridgehead atoms. The van der Waals surface area contributed by atoms with Gasteiger partial charge in [0.05, 0.1) is 15.9 Å². The maximum absolute atomic E-state index is 13.3. The molecule has 4 heterocycles. The molecule has 0 saturated carbocycles. The molecule has 34 heavy (non-hydrogen) atoms. The molecule has 10 nitrogen and oxygen atoms in total. The summed E-state index contributed by atoms with van der Waals surface area (Å²) in [7, 11) is -3.78. The number of aromatic nitrogens is 3. The van der Waals surface area contributed by atoms with Gasteiger partial charge in [-0.15, -0.1) is 10.2 Å². The van der Waals surface area contributed by atoms with E-state index < -0.39 is 14.9 Å². The molecule has 3 aliphatic heterocycles. The SMILES string of the molecule is CC1CCCN(S(=O)(=O)c2ccc(N3CCCC3c3nnc4n3CCCCC4)c([N+](=O)[O-])c2)C1. The molecular formula is C23H32N6O4S. The van der Waals surface area contributed by atoms with Gasteiger partial charge in [0.25, 0.3) is 5.69 Å². The third kappa shape index (κ3) is 4.19. The van der Waals surface area contributed by atoms with Gasteiger partial charge < -0.3 is 9.47 Å². The number of aryl methyl sites for hydroxylation is 1. The Kier molecular flexibility index (Phi) is 6.32. The minimum absolute atomic E-state index is 0.0101. The van der Waals surface area contributed by atoms with E-state index in [9.17, 15) is 18.5 Å². The van der Waals surface area contributed by atoms with Gasteiger partial charge >= 0.3 is 0 Å². The summed E-state index contributed by atoms with van der Waals surface area (Å²) in [6.45, 7) is 4.46. The molecule has 1 aromatic heterocycles. The zero-order valence-electron chi connectivity index (χ0n) is 19.6. The summed E-state index contributed by atoms with van der Waals surface area (Å²) < 4.78 is 30.2. The molecular weight excluding hydrogens is 456 g/mol. The quantitative estimate of drug-likeness (QED) is 0.466. The molecule has 5 rings (SSSR count). The van der Waals surface area contributed by atoms with Gasteiger partial charge in [0, 0.05) is 38.7 Å². The fraction of sp³-hybridized carbons (Fsp3) is 0.652. The fourth-order valence-electron chi connectivity index (χ4n) is 5.64. The van der Waals surface area contributed by atoms with Crippen LogP contribution in [0, 0.1) is 16.0 Å². The number of benzene rings is 1. The van der Waals surface area contributed by atoms with Crippen molar-refractivity contribution < 1.29 is 13.3 Å². The smallest absolute Gasteiger partial charge is 0.293 e. The lowest BCUT2D eigenvalue weighted by molar-refractivity contribution is -0.384. The molecule has 0 N–H and O–H groups in total. The normalized spacial score (nSPS) is 24.1. The first kappa shape index (κ1) is 23.2. The van der Waals surface area contributed by atoms with E-state index in [1.165, 1.54) is 16.4 Å². The molecule has 2 atom stereocenters. The Hall–Kier alpha value is -2.53. The van der Waals surface area contributed by atoms with E-state index in [2.05, 4.69) is 14.8 Å². The van der Waals surface area contributed by atoms with Gasteiger partial charge in [0.1, 0.15) is 11.5 Å². The Morgan fingerprint density at radius 2 is 1.85 bits per heavy atom. The first-order valence-electron chi connectivity index (χ1n) is 12.3. The highest BCUT2D eigenvalue weighted by Gasteiger charge is 2.36. The minimum Gasteiger partial charge on any atom is -0.356 e. The number of rotatable bonds is 5. The van der Waals surface area contributed by atoms with Gasteiger partial charge in [-0.1, -0.05) is 13.3 Å². The molecule has 2 aromatic rings. The first-order valence-corrected chi connectivity index (χ1v) is 13.8. The number of hydrogen-bond donors (Lipinski definition) is 0. The number of nitrogens with zero attached hydrogens (tertiary/aromatic N) is 6. The fourth-order valence-corrected chi connectivity index (χ4v) is 7.26. The Morgan fingerprint density at radius 3 is 2.65 bits per heavy atom. The first-order chi connectivity index (χ1) is 16.4. The summed E-state index contributed by atoms with van der Waals surface area (Å²) in [5, 5.41) is 21.0. The van der Waals surface area contributed by atoms with E-state index >= 15 is 0 Å². The molecule has 0 amide bonds. The van der Waals surface area contributed by atoms with E-state index in [1.807, 2.05) is 11.8 Å². The molecule has 184 valence electrons. The van der Waals surface area contributed by atoms with Gasteiger partial charge in [0.2, 0.25) is 10.0 Å². The number of nitro groups is 1. The van der Waals surface area contributed by atoms with Crippen LogP contribution in [0.2, 0.25) is 0 Å². The Bertz CT molecular complexity index is 1180. The highest BCUT2D eigenvalue weighted by atomic mass is 32.2. The third-order valence-electron chi connectivity index (χ3n) is 7.40. The van der Waals surface area contributed by atoms with E-state index in [4.69, 9.17) is 0 Å². The molecule has 0 spiro atoms. The van der Waals surface area contributed by atoms with Gasteiger partial charge in [0.15, 0.2) is 5.82 Å². The van der Waals surface area contributed by atoms with E-state index in [0.717, 1.165) is 69.6 Å². The zero-order chi connectivity index (χ0) is 23.9. The summed E-state index contributed by atoms with van der Waals surface area (Å²) in [4.78, 5) is 13.6. The summed E-state index contributed by atoms with van der Waals surface area (Å²) in [5.41, 5.74) is 0.276. The lowest BCUT2D eigenvalue weighted by atomic mass is 10.0. The highest BCUT2D eigenvalue weighted by Crippen LogP contribution is 2.41. The molecule has 3 aliphatic rings. The lowest BCUT2D eigenvalue weighted by Crippen LogP contribution is -2.39. The summed E-state index contributed by atoms with van der Waals surface area (Å²) in [5.74, 6) is 2.13. The Morgan fingerprint density at radius 1 is 1.03 bits per heavy atom. The number of sulfonamides is 1. The van der Waals surface area contributed by atoms with Gasteiger partial charge in [-0.25, -0.2) is 8.42 Å². The van der Waals surface area contributed by atoms with Gasteiger partial charge in [-0.05, 0) is 56.6 Å². The Labute approximate surface area is 200 Å². The third-order valence-corrected chi connectivity index (χ3v) is 9.26. The molecule has 2 fully saturated rings. The lowest BCUT2D eigenvalue weighted by Gasteiger charge is -2.30. The predicted molar refractivity (Wildman–Crippen MR) is 127 cm³/mol. The molecule has 0 radical (unpaired) electrons. The van der Waals surface area contributed by atoms with E-state index in [1.54, 1.807) is 6.07 Å². The van der Waals surface area contributed by atoms with Crippen LogP contribution in [0.15, 0.2) is 23.1 Å². The monoisotopic (exact) mass is 488 g/mol. The van der Waals surface area contributed by atoms with Crippen LogP contribution in [-0.4, -0.2) is 52.0 Å². The maximum atomic E-state index is 13.3. The van der Waals surface area contributed by atoms with Gasteiger partial charge in [-0.3, -0.25) is 10.1 Å². The Balaban J connectivity index is 1.49. The van der Waals surface area contributed by atoms with Crippen LogP contribution < -0.4 is 4.90 Å². The molecule has 11 heteroatoms. The van der Waals surface area contributed by atoms with Crippen molar-refractivity contribution in [2.45, 2.75) is 75.8 Å². The standard InChI is InChI=1S/C23H32N6O4S/c1-17-7-5-12-26(16-17)34(32,33)18-10-11-19(21(15-18)29(30)31)27-14-6-8-20(27)23-25-24-22-9-3-2-4-13-28(22)23/h10-11,15,17,20H,2-9,12-14,16H2,1H3. The number of nitro benzene ring substituents is 1. The summed E-state index contributed by atoms with van der Waals surface area (Å²) in [6, 6.07) is 4.26. The molecule has 2 saturated heterocycles. The number of anilines is 1. The number of piperidine rings is 1. The summed E-state index contributed by atoms with van der Waals surface area (Å²) >= 11 is 0. The molecule has 2 unspecified atom stereocenters. The number of fused-ring (bicyclic) bond motifs is 1. The predicted octanol–water partition coefficient (Wildman–Crippen LogP) is 3.67. The van der Waals surface area contributed by atoms with Gasteiger partial charge in [-0.2, -0.15) is 4.31 Å². The van der Waals surface area contributed by atoms with Crippen molar-refractivity contribution in [3.8, 4) is 0 Å². The topological polar surface area (TPSA) is 114 Å². The van der Waals surface area contributed by atoms with Crippen LogP contribution in [0.25, 0.3) is 0 Å². The zero-order valence-corrected chi connectivity index (χ0v) is 20.4. The van der Waals surface area contributed by atoms with Crippen LogP contribution in [0.4, 0.5) is 11.4 Å². The minimum atomic E-state index is -3.78. The van der Waals surface area contributed by atoms with Crippen molar-refractivity contribution in [2.24, 2.45) is 5.92 Å². The van der Waals surface area contributed by atoms with E-state index in [0.29, 0.717) is 25.3 Å². The van der Waals surface area contributed by atoms with Crippen molar-refractivity contribution in [1.29, 1.82) is 0 Å². The van der Waals surface area contributed by atoms with Crippen molar-refractivity contribution in [3.05, 3.63) is 40.0 Å². The average molecular weight is 489 g/mol. The summed E-state index contributed by atoms with van der Waals surface area (Å²) in [6.07, 6.45) is 7.76. The van der Waals surface area contributed by atoms with Crippen molar-refractivity contribution >= 4 is 21.4 Å². The van der Waals surface area contributed by atoms with Crippen LogP contribution in [0.1, 0.15) is 69.6 Å². The van der Waals surface area contributed by atoms with Crippen LogP contribution in [-0.2, 0) is 23.0 Å². The highest BCUT2D eigenvalue weighted by molar-refractivity contribution is 7.89. The largest absolute Gasteiger partial charge is 0.356 e. The van der Waals surface area contributed by atoms with Crippen molar-refractivity contribution in [3.63, 3.8) is 0 Å². The molecule has 0 aliphatic carbocycles. The van der Waals surface area contributed by atoms with Crippen LogP contribution in [0.5, 0.6) is 0 Å². The molecule has 1 aromatic carbocycles. The van der Waals surface area contributed by atoms with E-state index in [-0.39, 0.29) is 22.5 Å².